The lowest BCUT2D eigenvalue weighted by atomic mass is 10.2. The maximum absolute atomic E-state index is 12.2. The number of aromatic nitrogens is 2. The van der Waals surface area contributed by atoms with E-state index in [2.05, 4.69) is 15.5 Å². The van der Waals surface area contributed by atoms with Gasteiger partial charge in [-0.25, -0.2) is 4.79 Å². The number of anilines is 1. The van der Waals surface area contributed by atoms with Crippen molar-refractivity contribution in [2.24, 2.45) is 0 Å². The van der Waals surface area contributed by atoms with Gasteiger partial charge in [-0.15, -0.1) is 10.2 Å². The molecular formula is C18H13N3O3. The topological polar surface area (TPSA) is 81.2 Å². The fraction of sp³-hybridized carbons (Fsp3) is 0.0556. The van der Waals surface area contributed by atoms with Gasteiger partial charge in [0.05, 0.1) is 5.56 Å². The highest BCUT2D eigenvalue weighted by atomic mass is 16.4. The molecule has 0 unspecified atom stereocenters. The first kappa shape index (κ1) is 14.2. The molecule has 6 heteroatoms. The fourth-order valence-corrected chi connectivity index (χ4v) is 2.54. The Morgan fingerprint density at radius 2 is 1.58 bits per heavy atom. The average Bonchev–Trinajstić information content (AvgIpc) is 3.10. The molecule has 4 rings (SSSR count). The summed E-state index contributed by atoms with van der Waals surface area (Å²) in [5.74, 6) is 0.470. The zero-order chi connectivity index (χ0) is 16.5. The summed E-state index contributed by atoms with van der Waals surface area (Å²) in [5, 5.41) is 11.9. The molecule has 0 amide bonds. The van der Waals surface area contributed by atoms with Crippen LogP contribution in [0.3, 0.4) is 0 Å². The van der Waals surface area contributed by atoms with Crippen LogP contribution in [0.15, 0.2) is 68.2 Å². The van der Waals surface area contributed by atoms with Crippen LogP contribution in [0.5, 0.6) is 0 Å². The van der Waals surface area contributed by atoms with Gasteiger partial charge in [0, 0.05) is 18.1 Å². The number of rotatable bonds is 3. The Labute approximate surface area is 136 Å². The van der Waals surface area contributed by atoms with Gasteiger partial charge >= 0.3 is 5.63 Å². The molecule has 0 spiro atoms. The lowest BCUT2D eigenvalue weighted by molar-refractivity contribution is 0.547. The van der Waals surface area contributed by atoms with Gasteiger partial charge in [0.25, 0.3) is 5.89 Å². The van der Waals surface area contributed by atoms with Gasteiger partial charge in [-0.3, -0.25) is 0 Å². The first-order chi connectivity index (χ1) is 11.8. The van der Waals surface area contributed by atoms with Crippen molar-refractivity contribution in [3.8, 4) is 22.9 Å². The summed E-state index contributed by atoms with van der Waals surface area (Å²) in [6.07, 6.45) is 0. The van der Waals surface area contributed by atoms with Gasteiger partial charge in [-0.1, -0.05) is 30.3 Å². The molecule has 0 atom stereocenters. The molecule has 2 aromatic heterocycles. The van der Waals surface area contributed by atoms with Crippen LogP contribution in [0, 0.1) is 0 Å². The van der Waals surface area contributed by atoms with Crippen molar-refractivity contribution >= 4 is 16.7 Å². The van der Waals surface area contributed by atoms with Gasteiger partial charge in [-0.2, -0.15) is 0 Å². The first-order valence-electron chi connectivity index (χ1n) is 7.40. The summed E-state index contributed by atoms with van der Waals surface area (Å²) >= 11 is 0. The standard InChI is InChI=1S/C18H13N3O3/c1-19-14-8-4-3-7-12(14)16-20-21-17(24-16)13-10-11-6-2-5-9-15(11)23-18(13)22/h2-10,19H,1H3. The maximum atomic E-state index is 12.2. The summed E-state index contributed by atoms with van der Waals surface area (Å²) in [4.78, 5) is 12.2. The monoisotopic (exact) mass is 319 g/mol. The third-order valence-electron chi connectivity index (χ3n) is 3.72. The van der Waals surface area contributed by atoms with Crippen LogP contribution in [-0.2, 0) is 0 Å². The fourth-order valence-electron chi connectivity index (χ4n) is 2.54. The summed E-state index contributed by atoms with van der Waals surface area (Å²) in [5.41, 5.74) is 1.88. The minimum absolute atomic E-state index is 0.135. The molecule has 0 aliphatic rings. The molecule has 2 aromatic carbocycles. The average molecular weight is 319 g/mol. The molecule has 1 N–H and O–H groups in total. The second kappa shape index (κ2) is 5.66. The molecule has 4 aromatic rings. The second-order valence-electron chi connectivity index (χ2n) is 5.19. The second-order valence-corrected chi connectivity index (χ2v) is 5.19. The van der Waals surface area contributed by atoms with Gasteiger partial charge in [0.2, 0.25) is 5.89 Å². The van der Waals surface area contributed by atoms with Gasteiger partial charge in [0.15, 0.2) is 0 Å². The Kier molecular flexibility index (Phi) is 3.35. The van der Waals surface area contributed by atoms with Crippen LogP contribution in [0.2, 0.25) is 0 Å². The molecule has 0 aliphatic carbocycles. The van der Waals surface area contributed by atoms with Crippen LogP contribution in [-0.4, -0.2) is 17.2 Å². The van der Waals surface area contributed by atoms with Gasteiger partial charge in [0.1, 0.15) is 11.1 Å². The zero-order valence-electron chi connectivity index (χ0n) is 12.8. The quantitative estimate of drug-likeness (QED) is 0.582. The summed E-state index contributed by atoms with van der Waals surface area (Å²) < 4.78 is 11.0. The van der Waals surface area contributed by atoms with Crippen LogP contribution in [0.4, 0.5) is 5.69 Å². The molecule has 0 aliphatic heterocycles. The van der Waals surface area contributed by atoms with E-state index in [4.69, 9.17) is 8.83 Å². The summed E-state index contributed by atoms with van der Waals surface area (Å²) in [7, 11) is 1.81. The van der Waals surface area contributed by atoms with E-state index in [1.807, 2.05) is 49.5 Å². The van der Waals surface area contributed by atoms with E-state index in [1.165, 1.54) is 0 Å². The highest BCUT2D eigenvalue weighted by Crippen LogP contribution is 2.28. The number of hydrogen-bond donors (Lipinski definition) is 1. The number of nitrogens with one attached hydrogen (secondary N) is 1. The molecule has 0 saturated carbocycles. The van der Waals surface area contributed by atoms with Gasteiger partial charge < -0.3 is 14.2 Å². The predicted molar refractivity (Wildman–Crippen MR) is 90.8 cm³/mol. The predicted octanol–water partition coefficient (Wildman–Crippen LogP) is 3.55. The van der Waals surface area contributed by atoms with Crippen molar-refractivity contribution < 1.29 is 8.83 Å². The molecular weight excluding hydrogens is 306 g/mol. The molecule has 0 radical (unpaired) electrons. The van der Waals surface area contributed by atoms with Crippen molar-refractivity contribution in [1.29, 1.82) is 0 Å². The van der Waals surface area contributed by atoms with E-state index in [-0.39, 0.29) is 11.5 Å². The number of benzene rings is 2. The van der Waals surface area contributed by atoms with Crippen molar-refractivity contribution in [3.63, 3.8) is 0 Å². The SMILES string of the molecule is CNc1ccccc1-c1nnc(-c2cc3ccccc3oc2=O)o1. The van der Waals surface area contributed by atoms with E-state index >= 15 is 0 Å². The Morgan fingerprint density at radius 1 is 0.875 bits per heavy atom. The molecule has 0 bridgehead atoms. The summed E-state index contributed by atoms with van der Waals surface area (Å²) in [6.45, 7) is 0. The number of hydrogen-bond acceptors (Lipinski definition) is 6. The van der Waals surface area contributed by atoms with E-state index in [0.717, 1.165) is 16.6 Å². The normalized spacial score (nSPS) is 10.9. The third-order valence-corrected chi connectivity index (χ3v) is 3.72. The zero-order valence-corrected chi connectivity index (χ0v) is 12.8. The smallest absolute Gasteiger partial charge is 0.349 e. The van der Waals surface area contributed by atoms with E-state index in [0.29, 0.717) is 11.5 Å². The first-order valence-corrected chi connectivity index (χ1v) is 7.40. The third kappa shape index (κ3) is 2.34. The van der Waals surface area contributed by atoms with Crippen LogP contribution in [0.25, 0.3) is 33.9 Å². The van der Waals surface area contributed by atoms with E-state index in [1.54, 1.807) is 12.1 Å². The minimum atomic E-state index is -0.509. The van der Waals surface area contributed by atoms with Crippen LogP contribution >= 0.6 is 0 Å². The van der Waals surface area contributed by atoms with Crippen LogP contribution in [0.1, 0.15) is 0 Å². The molecule has 0 fully saturated rings. The Morgan fingerprint density at radius 3 is 2.42 bits per heavy atom. The Bertz CT molecular complexity index is 1080. The van der Waals surface area contributed by atoms with Crippen molar-refractivity contribution in [3.05, 3.63) is 65.0 Å². The Hall–Kier alpha value is -3.41. The lowest BCUT2D eigenvalue weighted by Gasteiger charge is -2.03. The van der Waals surface area contributed by atoms with Crippen molar-refractivity contribution in [1.82, 2.24) is 10.2 Å². The molecule has 2 heterocycles. The number of para-hydroxylation sites is 2. The molecule has 24 heavy (non-hydrogen) atoms. The van der Waals surface area contributed by atoms with Gasteiger partial charge in [-0.05, 0) is 24.3 Å². The van der Waals surface area contributed by atoms with Crippen molar-refractivity contribution in [2.75, 3.05) is 12.4 Å². The Balaban J connectivity index is 1.83. The van der Waals surface area contributed by atoms with Crippen molar-refractivity contribution in [2.45, 2.75) is 0 Å². The lowest BCUT2D eigenvalue weighted by Crippen LogP contribution is -2.02. The molecule has 118 valence electrons. The van der Waals surface area contributed by atoms with E-state index < -0.39 is 5.63 Å². The minimum Gasteiger partial charge on any atom is -0.422 e. The molecule has 0 saturated heterocycles. The highest BCUT2D eigenvalue weighted by Gasteiger charge is 2.17. The number of fused-ring (bicyclic) bond motifs is 1. The highest BCUT2D eigenvalue weighted by molar-refractivity contribution is 5.80. The largest absolute Gasteiger partial charge is 0.422 e. The maximum Gasteiger partial charge on any atom is 0.349 e. The molecule has 6 nitrogen and oxygen atoms in total. The van der Waals surface area contributed by atoms with E-state index in [9.17, 15) is 4.79 Å². The number of nitrogens with zero attached hydrogens (tertiary/aromatic N) is 2. The van der Waals surface area contributed by atoms with Crippen LogP contribution < -0.4 is 10.9 Å². The summed E-state index contributed by atoms with van der Waals surface area (Å²) in [6, 6.07) is 16.5.